The second-order valence-electron chi connectivity index (χ2n) is 10.5. The normalized spacial score (nSPS) is 12.6. The minimum Gasteiger partial charge on any atom is -0.480 e. The van der Waals surface area contributed by atoms with Crippen LogP contribution in [0.2, 0.25) is 0 Å². The van der Waals surface area contributed by atoms with Crippen LogP contribution in [0.15, 0.2) is 133 Å². The van der Waals surface area contributed by atoms with E-state index in [2.05, 4.69) is 59.9 Å². The number of carboxylic acids is 1. The van der Waals surface area contributed by atoms with Gasteiger partial charge in [-0.15, -0.1) is 11.8 Å². The van der Waals surface area contributed by atoms with Crippen LogP contribution in [0.3, 0.4) is 0 Å². The van der Waals surface area contributed by atoms with Crippen molar-refractivity contribution < 1.29 is 19.4 Å². The van der Waals surface area contributed by atoms with E-state index < -0.39 is 22.9 Å². The van der Waals surface area contributed by atoms with Crippen molar-refractivity contribution in [2.45, 2.75) is 23.8 Å². The van der Waals surface area contributed by atoms with Crippen LogP contribution >= 0.6 is 11.8 Å². The Hall–Kier alpha value is -4.81. The van der Waals surface area contributed by atoms with Crippen LogP contribution in [0.4, 0.5) is 4.79 Å². The molecule has 0 spiro atoms. The lowest BCUT2D eigenvalue weighted by Crippen LogP contribution is -2.44. The fraction of sp³-hybridized carbons (Fsp3) is 0.135. The quantitative estimate of drug-likeness (QED) is 0.161. The van der Waals surface area contributed by atoms with Crippen molar-refractivity contribution in [3.63, 3.8) is 0 Å². The average molecular weight is 586 g/mol. The molecule has 0 aliphatic heterocycles. The third-order valence-electron chi connectivity index (χ3n) is 7.90. The van der Waals surface area contributed by atoms with Crippen molar-refractivity contribution in [1.82, 2.24) is 5.32 Å². The second kappa shape index (κ2) is 12.6. The third kappa shape index (κ3) is 5.79. The molecule has 0 saturated carbocycles. The molecule has 5 nitrogen and oxygen atoms in total. The number of thioether (sulfide) groups is 1. The van der Waals surface area contributed by atoms with Gasteiger partial charge >= 0.3 is 12.1 Å². The summed E-state index contributed by atoms with van der Waals surface area (Å²) < 4.78 is 4.89. The summed E-state index contributed by atoms with van der Waals surface area (Å²) in [5.74, 6) is -1.01. The molecule has 0 fully saturated rings. The molecule has 5 aromatic rings. The van der Waals surface area contributed by atoms with Crippen LogP contribution in [0.5, 0.6) is 0 Å². The van der Waals surface area contributed by atoms with E-state index in [1.807, 2.05) is 78.9 Å². The summed E-state index contributed by atoms with van der Waals surface area (Å²) >= 11 is 1.48. The zero-order valence-corrected chi connectivity index (χ0v) is 24.3. The number of benzene rings is 5. The highest BCUT2D eigenvalue weighted by Gasteiger charge is 2.38. The summed E-state index contributed by atoms with van der Waals surface area (Å²) in [5, 5.41) is 12.8. The van der Waals surface area contributed by atoms with Crippen molar-refractivity contribution in [2.24, 2.45) is 0 Å². The lowest BCUT2D eigenvalue weighted by molar-refractivity contribution is -0.138. The van der Waals surface area contributed by atoms with Gasteiger partial charge < -0.3 is 15.2 Å². The largest absolute Gasteiger partial charge is 0.480 e. The molecule has 0 aromatic heterocycles. The maximum Gasteiger partial charge on any atom is 0.408 e. The molecule has 6 rings (SSSR count). The molecule has 6 heteroatoms. The standard InChI is InChI=1S/C37H31NO4S/c39-35(40)34(38-36(41)42-24-27-14-12-22-32-31-21-11-10-13-26(31)23-33(27)32)25-43-37(28-15-4-1-5-16-28,29-17-6-2-7-18-29)30-19-8-3-9-20-30/h1-22,34H,23-25H2,(H,38,41)(H,39,40)/t34-/m0/s1. The van der Waals surface area contributed by atoms with Crippen molar-refractivity contribution in [3.8, 4) is 11.1 Å². The van der Waals surface area contributed by atoms with Crippen LogP contribution in [-0.2, 0) is 27.3 Å². The van der Waals surface area contributed by atoms with Crippen LogP contribution < -0.4 is 5.32 Å². The highest BCUT2D eigenvalue weighted by Crippen LogP contribution is 2.48. The summed E-state index contributed by atoms with van der Waals surface area (Å²) in [7, 11) is 0. The Morgan fingerprint density at radius 2 is 1.26 bits per heavy atom. The van der Waals surface area contributed by atoms with E-state index in [1.54, 1.807) is 0 Å². The number of nitrogens with one attached hydrogen (secondary N) is 1. The molecule has 43 heavy (non-hydrogen) atoms. The molecular weight excluding hydrogens is 554 g/mol. The monoisotopic (exact) mass is 585 g/mol. The lowest BCUT2D eigenvalue weighted by atomic mass is 9.84. The molecule has 2 N–H and O–H groups in total. The topological polar surface area (TPSA) is 75.6 Å². The van der Waals surface area contributed by atoms with Gasteiger partial charge in [0.05, 0.1) is 4.75 Å². The van der Waals surface area contributed by atoms with Crippen LogP contribution in [0, 0.1) is 0 Å². The Balaban J connectivity index is 1.21. The number of hydrogen-bond acceptors (Lipinski definition) is 4. The van der Waals surface area contributed by atoms with Crippen LogP contribution in [-0.4, -0.2) is 29.0 Å². The molecule has 214 valence electrons. The Bertz CT molecular complexity index is 1630. The van der Waals surface area contributed by atoms with Crippen LogP contribution in [0.1, 0.15) is 33.4 Å². The van der Waals surface area contributed by atoms with E-state index in [9.17, 15) is 14.7 Å². The minimum atomic E-state index is -1.17. The molecule has 1 aliphatic rings. The smallest absolute Gasteiger partial charge is 0.408 e. The summed E-state index contributed by atoms with van der Waals surface area (Å²) in [4.78, 5) is 25.4. The minimum absolute atomic E-state index is 0.0600. The first-order valence-corrected chi connectivity index (χ1v) is 15.2. The molecule has 0 heterocycles. The van der Waals surface area contributed by atoms with Gasteiger partial charge in [-0.1, -0.05) is 133 Å². The van der Waals surface area contributed by atoms with E-state index >= 15 is 0 Å². The molecule has 0 saturated heterocycles. The number of fused-ring (bicyclic) bond motifs is 3. The molecule has 1 amide bonds. The number of aliphatic carboxylic acids is 1. The summed E-state index contributed by atoms with van der Waals surface area (Å²) in [6, 6.07) is 43.3. The van der Waals surface area contributed by atoms with Crippen LogP contribution in [0.25, 0.3) is 11.1 Å². The maximum absolute atomic E-state index is 13.0. The molecule has 0 radical (unpaired) electrons. The van der Waals surface area contributed by atoms with Gasteiger partial charge in [0.1, 0.15) is 12.6 Å². The van der Waals surface area contributed by atoms with Gasteiger partial charge in [-0.05, 0) is 50.9 Å². The first kappa shape index (κ1) is 28.3. The average Bonchev–Trinajstić information content (AvgIpc) is 3.44. The second-order valence-corrected chi connectivity index (χ2v) is 11.7. The summed E-state index contributed by atoms with van der Waals surface area (Å²) in [6.07, 6.45) is 0.0209. The van der Waals surface area contributed by atoms with Crippen molar-refractivity contribution in [3.05, 3.63) is 167 Å². The van der Waals surface area contributed by atoms with Gasteiger partial charge in [0.2, 0.25) is 0 Å². The molecule has 0 unspecified atom stereocenters. The summed E-state index contributed by atoms with van der Waals surface area (Å²) in [5.41, 5.74) is 8.70. The number of amides is 1. The van der Waals surface area contributed by atoms with E-state index in [0.717, 1.165) is 39.8 Å². The fourth-order valence-corrected chi connectivity index (χ4v) is 7.39. The zero-order chi connectivity index (χ0) is 29.6. The number of carbonyl (C=O) groups is 2. The Labute approximate surface area is 255 Å². The van der Waals surface area contributed by atoms with Crippen molar-refractivity contribution in [1.29, 1.82) is 0 Å². The maximum atomic E-state index is 13.0. The molecule has 0 bridgehead atoms. The molecule has 1 aliphatic carbocycles. The first-order valence-electron chi connectivity index (χ1n) is 14.2. The predicted octanol–water partition coefficient (Wildman–Crippen LogP) is 7.66. The van der Waals surface area contributed by atoms with E-state index in [4.69, 9.17) is 4.74 Å². The van der Waals surface area contributed by atoms with Gasteiger partial charge in [0.15, 0.2) is 0 Å². The number of hydrogen-bond donors (Lipinski definition) is 2. The first-order chi connectivity index (χ1) is 21.1. The SMILES string of the molecule is O=C(N[C@@H](CSC(c1ccccc1)(c1ccccc1)c1ccccc1)C(=O)O)OCc1cccc2c1Cc1ccccc1-2. The van der Waals surface area contributed by atoms with E-state index in [-0.39, 0.29) is 12.4 Å². The van der Waals surface area contributed by atoms with Gasteiger partial charge in [0.25, 0.3) is 0 Å². The van der Waals surface area contributed by atoms with Crippen molar-refractivity contribution >= 4 is 23.8 Å². The zero-order valence-electron chi connectivity index (χ0n) is 23.5. The Kier molecular flexibility index (Phi) is 8.29. The fourth-order valence-electron chi connectivity index (χ4n) is 5.84. The number of alkyl carbamates (subject to hydrolysis) is 1. The predicted molar refractivity (Wildman–Crippen MR) is 171 cm³/mol. The van der Waals surface area contributed by atoms with E-state index in [1.165, 1.54) is 22.9 Å². The van der Waals surface area contributed by atoms with Gasteiger partial charge in [-0.3, -0.25) is 0 Å². The van der Waals surface area contributed by atoms with E-state index in [0.29, 0.717) is 0 Å². The number of ether oxygens (including phenoxy) is 1. The third-order valence-corrected chi connectivity index (χ3v) is 9.54. The number of rotatable bonds is 10. The molecule has 1 atom stereocenters. The number of carbonyl (C=O) groups excluding carboxylic acids is 1. The van der Waals surface area contributed by atoms with Gasteiger partial charge in [0, 0.05) is 5.75 Å². The summed E-state index contributed by atoms with van der Waals surface area (Å²) in [6.45, 7) is 0.0600. The lowest BCUT2D eigenvalue weighted by Gasteiger charge is -2.36. The Morgan fingerprint density at radius 1 is 0.721 bits per heavy atom. The molecular formula is C37H31NO4S. The highest BCUT2D eigenvalue weighted by atomic mass is 32.2. The van der Waals surface area contributed by atoms with Crippen molar-refractivity contribution in [2.75, 3.05) is 5.75 Å². The van der Waals surface area contributed by atoms with Gasteiger partial charge in [-0.2, -0.15) is 0 Å². The van der Waals surface area contributed by atoms with Gasteiger partial charge in [-0.25, -0.2) is 9.59 Å². The molecule has 5 aromatic carbocycles. The number of carboxylic acid groups (broad SMARTS) is 1. The highest BCUT2D eigenvalue weighted by molar-refractivity contribution is 8.00. The Morgan fingerprint density at radius 3 is 1.84 bits per heavy atom.